The third-order valence-corrected chi connectivity index (χ3v) is 4.19. The molecule has 0 aliphatic carbocycles. The zero-order valence-electron chi connectivity index (χ0n) is 16.1. The molecule has 3 aromatic rings. The van der Waals surface area contributed by atoms with Gasteiger partial charge in [0.15, 0.2) is 11.9 Å². The smallest absolute Gasteiger partial charge is 0.307 e. The summed E-state index contributed by atoms with van der Waals surface area (Å²) in [5.41, 5.74) is 0.354. The number of halogens is 1. The predicted molar refractivity (Wildman–Crippen MR) is 102 cm³/mol. The monoisotopic (exact) mass is 400 g/mol. The maximum atomic E-state index is 13.8. The second kappa shape index (κ2) is 9.18. The van der Waals surface area contributed by atoms with E-state index in [9.17, 15) is 14.0 Å². The Labute approximate surface area is 166 Å². The summed E-state index contributed by atoms with van der Waals surface area (Å²) in [6.45, 7) is 3.44. The first-order valence-corrected chi connectivity index (χ1v) is 9.23. The van der Waals surface area contributed by atoms with Crippen molar-refractivity contribution < 1.29 is 27.7 Å². The van der Waals surface area contributed by atoms with E-state index in [-0.39, 0.29) is 24.5 Å². The van der Waals surface area contributed by atoms with E-state index >= 15 is 0 Å². The van der Waals surface area contributed by atoms with E-state index < -0.39 is 18.0 Å². The van der Waals surface area contributed by atoms with Gasteiger partial charge in [0.1, 0.15) is 23.1 Å². The quantitative estimate of drug-likeness (QED) is 0.567. The van der Waals surface area contributed by atoms with E-state index in [2.05, 4.69) is 10.5 Å². The lowest BCUT2D eigenvalue weighted by Crippen LogP contribution is -2.32. The van der Waals surface area contributed by atoms with Crippen LogP contribution in [-0.2, 0) is 20.7 Å². The fourth-order valence-corrected chi connectivity index (χ4v) is 2.72. The second-order valence-electron chi connectivity index (χ2n) is 6.44. The van der Waals surface area contributed by atoms with Gasteiger partial charge in [-0.15, -0.1) is 0 Å². The molecule has 1 N–H and O–H groups in total. The van der Waals surface area contributed by atoms with Crippen molar-refractivity contribution in [1.82, 2.24) is 5.16 Å². The Bertz CT molecular complexity index is 994. The normalized spacial score (nSPS) is 11.8. The van der Waals surface area contributed by atoms with Crippen LogP contribution in [0.2, 0.25) is 0 Å². The van der Waals surface area contributed by atoms with Crippen molar-refractivity contribution in [3.8, 4) is 11.3 Å². The lowest BCUT2D eigenvalue weighted by atomic mass is 10.1. The molecule has 0 saturated carbocycles. The van der Waals surface area contributed by atoms with E-state index in [1.54, 1.807) is 50.2 Å². The highest BCUT2D eigenvalue weighted by molar-refractivity contribution is 5.94. The number of furan rings is 1. The molecule has 1 atom stereocenters. The molecule has 29 heavy (non-hydrogen) atoms. The number of aryl methyl sites for hydroxylation is 2. The molecule has 1 unspecified atom stereocenters. The van der Waals surface area contributed by atoms with Crippen molar-refractivity contribution in [3.63, 3.8) is 0 Å². The summed E-state index contributed by atoms with van der Waals surface area (Å²) in [5.74, 6) is 0.334. The summed E-state index contributed by atoms with van der Waals surface area (Å²) < 4.78 is 29.6. The van der Waals surface area contributed by atoms with Gasteiger partial charge in [0, 0.05) is 12.5 Å². The molecule has 7 nitrogen and oxygen atoms in total. The average Bonchev–Trinajstić information content (AvgIpc) is 3.33. The number of hydrogen-bond acceptors (Lipinski definition) is 6. The minimum absolute atomic E-state index is 0.0249. The summed E-state index contributed by atoms with van der Waals surface area (Å²) in [6.07, 6.45) is -0.331. The molecule has 152 valence electrons. The van der Waals surface area contributed by atoms with Crippen LogP contribution in [-0.4, -0.2) is 23.1 Å². The maximum absolute atomic E-state index is 13.8. The molecule has 8 heteroatoms. The lowest BCUT2D eigenvalue weighted by Gasteiger charge is -2.14. The third-order valence-electron chi connectivity index (χ3n) is 4.19. The molecule has 0 spiro atoms. The van der Waals surface area contributed by atoms with Crippen molar-refractivity contribution in [1.29, 1.82) is 0 Å². The molecule has 0 radical (unpaired) electrons. The lowest BCUT2D eigenvalue weighted by molar-refractivity contribution is -0.154. The standard InChI is InChI=1S/C21H21FN2O5/c1-3-17(21(26)23-19-12-13(2)29-24-19)28-20(25)11-9-14-8-10-18(27-14)15-6-4-5-7-16(15)22/h4-8,10,12,17H,3,9,11H2,1-2H3,(H,23,24,26). The highest BCUT2D eigenvalue weighted by Crippen LogP contribution is 2.25. The van der Waals surface area contributed by atoms with E-state index in [0.717, 1.165) is 0 Å². The molecular formula is C21H21FN2O5. The van der Waals surface area contributed by atoms with Crippen molar-refractivity contribution in [2.45, 2.75) is 39.2 Å². The van der Waals surface area contributed by atoms with Gasteiger partial charge in [0.25, 0.3) is 5.91 Å². The largest absolute Gasteiger partial charge is 0.461 e. The first-order chi connectivity index (χ1) is 14.0. The highest BCUT2D eigenvalue weighted by atomic mass is 19.1. The summed E-state index contributed by atoms with van der Waals surface area (Å²) in [6, 6.07) is 11.2. The second-order valence-corrected chi connectivity index (χ2v) is 6.44. The molecular weight excluding hydrogens is 379 g/mol. The van der Waals surface area contributed by atoms with Crippen molar-refractivity contribution in [2.75, 3.05) is 5.32 Å². The Morgan fingerprint density at radius 2 is 2.03 bits per heavy atom. The maximum Gasteiger partial charge on any atom is 0.307 e. The molecule has 0 aliphatic rings. The molecule has 3 rings (SSSR count). The summed E-state index contributed by atoms with van der Waals surface area (Å²) in [4.78, 5) is 24.4. The van der Waals surface area contributed by atoms with Crippen LogP contribution in [0.1, 0.15) is 31.3 Å². The van der Waals surface area contributed by atoms with Crippen LogP contribution in [0, 0.1) is 12.7 Å². The number of aromatic nitrogens is 1. The van der Waals surface area contributed by atoms with Gasteiger partial charge in [0.2, 0.25) is 0 Å². The fraction of sp³-hybridized carbons (Fsp3) is 0.286. The Morgan fingerprint density at radius 1 is 1.24 bits per heavy atom. The number of carbonyl (C=O) groups excluding carboxylic acids is 2. The van der Waals surface area contributed by atoms with Crippen LogP contribution in [0.3, 0.4) is 0 Å². The van der Waals surface area contributed by atoms with Gasteiger partial charge in [-0.05, 0) is 37.6 Å². The zero-order chi connectivity index (χ0) is 20.8. The van der Waals surface area contributed by atoms with Crippen LogP contribution in [0.25, 0.3) is 11.3 Å². The SMILES string of the molecule is CCC(OC(=O)CCc1ccc(-c2ccccc2F)o1)C(=O)Nc1cc(C)on1. The number of ether oxygens (including phenoxy) is 1. The Balaban J connectivity index is 1.52. The molecule has 0 saturated heterocycles. The number of rotatable bonds is 8. The molecule has 1 aromatic carbocycles. The molecule has 2 aromatic heterocycles. The van der Waals surface area contributed by atoms with Gasteiger partial charge in [-0.2, -0.15) is 0 Å². The number of nitrogens with zero attached hydrogens (tertiary/aromatic N) is 1. The number of carbonyl (C=O) groups is 2. The van der Waals surface area contributed by atoms with Crippen LogP contribution in [0.5, 0.6) is 0 Å². The van der Waals surface area contributed by atoms with E-state index in [0.29, 0.717) is 29.3 Å². The molecule has 0 bridgehead atoms. The van der Waals surface area contributed by atoms with E-state index in [1.165, 1.54) is 6.07 Å². The average molecular weight is 400 g/mol. The van der Waals surface area contributed by atoms with Gasteiger partial charge >= 0.3 is 5.97 Å². The third kappa shape index (κ3) is 5.31. The van der Waals surface area contributed by atoms with Crippen LogP contribution in [0.15, 0.2) is 51.4 Å². The summed E-state index contributed by atoms with van der Waals surface area (Å²) >= 11 is 0. The van der Waals surface area contributed by atoms with Gasteiger partial charge in [-0.25, -0.2) is 4.39 Å². The molecule has 0 fully saturated rings. The number of benzene rings is 1. The van der Waals surface area contributed by atoms with E-state index in [1.807, 2.05) is 0 Å². The van der Waals surface area contributed by atoms with Crippen LogP contribution in [0.4, 0.5) is 10.2 Å². The van der Waals surface area contributed by atoms with Gasteiger partial charge in [-0.1, -0.05) is 24.2 Å². The fourth-order valence-electron chi connectivity index (χ4n) is 2.72. The topological polar surface area (TPSA) is 94.6 Å². The van der Waals surface area contributed by atoms with Gasteiger partial charge in [-0.3, -0.25) is 9.59 Å². The minimum atomic E-state index is -0.940. The summed E-state index contributed by atoms with van der Waals surface area (Å²) in [7, 11) is 0. The number of hydrogen-bond donors (Lipinski definition) is 1. The predicted octanol–water partition coefficient (Wildman–Crippen LogP) is 4.28. The highest BCUT2D eigenvalue weighted by Gasteiger charge is 2.22. The molecule has 1 amide bonds. The zero-order valence-corrected chi connectivity index (χ0v) is 16.1. The van der Waals surface area contributed by atoms with Crippen molar-refractivity contribution >= 4 is 17.7 Å². The van der Waals surface area contributed by atoms with Gasteiger partial charge in [0.05, 0.1) is 12.0 Å². The van der Waals surface area contributed by atoms with Crippen LogP contribution >= 0.6 is 0 Å². The number of amides is 1. The first kappa shape index (κ1) is 20.3. The first-order valence-electron chi connectivity index (χ1n) is 9.23. The number of esters is 1. The molecule has 2 heterocycles. The molecule has 0 aliphatic heterocycles. The summed E-state index contributed by atoms with van der Waals surface area (Å²) in [5, 5.41) is 6.22. The van der Waals surface area contributed by atoms with Crippen molar-refractivity contribution in [2.24, 2.45) is 0 Å². The number of nitrogens with one attached hydrogen (secondary N) is 1. The Kier molecular flexibility index (Phi) is 6.43. The van der Waals surface area contributed by atoms with E-state index in [4.69, 9.17) is 13.7 Å². The van der Waals surface area contributed by atoms with Gasteiger partial charge < -0.3 is 19.0 Å². The number of anilines is 1. The van der Waals surface area contributed by atoms with Crippen molar-refractivity contribution in [3.05, 3.63) is 59.8 Å². The van der Waals surface area contributed by atoms with Crippen LogP contribution < -0.4 is 5.32 Å². The Morgan fingerprint density at radius 3 is 2.72 bits per heavy atom. The minimum Gasteiger partial charge on any atom is -0.461 e. The Hall–Kier alpha value is -3.42.